The number of rotatable bonds is 7. The fourth-order valence-corrected chi connectivity index (χ4v) is 9.03. The second-order valence-corrected chi connectivity index (χ2v) is 15.6. The first-order chi connectivity index (χ1) is 30.2. The first-order valence-electron chi connectivity index (χ1n) is 20.7. The predicted molar refractivity (Wildman–Crippen MR) is 254 cm³/mol. The van der Waals surface area contributed by atoms with Gasteiger partial charge in [-0.25, -0.2) is 4.98 Å². The lowest BCUT2D eigenvalue weighted by molar-refractivity contribution is 0.623. The van der Waals surface area contributed by atoms with Crippen LogP contribution in [0.2, 0.25) is 0 Å². The van der Waals surface area contributed by atoms with Crippen molar-refractivity contribution in [3.05, 3.63) is 224 Å². The summed E-state index contributed by atoms with van der Waals surface area (Å²) in [6, 6.07) is 80.0. The third-order valence-electron chi connectivity index (χ3n) is 12.0. The third kappa shape index (κ3) is 5.96. The van der Waals surface area contributed by atoms with Crippen molar-refractivity contribution in [1.29, 1.82) is 0 Å². The number of nitrogens with zero attached hydrogens (tertiary/aromatic N) is 3. The lowest BCUT2D eigenvalue weighted by atomic mass is 9.98. The van der Waals surface area contributed by atoms with E-state index in [-0.39, 0.29) is 0 Å². The molecule has 286 valence electrons. The van der Waals surface area contributed by atoms with E-state index in [0.29, 0.717) is 5.89 Å². The van der Waals surface area contributed by atoms with E-state index >= 15 is 0 Å². The maximum Gasteiger partial charge on any atom is 0.227 e. The number of anilines is 3. The minimum absolute atomic E-state index is 0.617. The lowest BCUT2D eigenvalue weighted by Gasteiger charge is -2.26. The van der Waals surface area contributed by atoms with Crippen LogP contribution in [0.3, 0.4) is 0 Å². The second-order valence-electron chi connectivity index (χ2n) is 15.6. The van der Waals surface area contributed by atoms with Gasteiger partial charge in [0.15, 0.2) is 5.58 Å². The Balaban J connectivity index is 1.01. The maximum absolute atomic E-state index is 6.55. The zero-order valence-corrected chi connectivity index (χ0v) is 33.1. The molecule has 0 unspecified atom stereocenters. The Hall–Kier alpha value is -8.21. The molecule has 0 spiro atoms. The quantitative estimate of drug-likeness (QED) is 0.162. The smallest absolute Gasteiger partial charge is 0.227 e. The molecule has 0 N–H and O–H groups in total. The average Bonchev–Trinajstić information content (AvgIpc) is 3.93. The summed E-state index contributed by atoms with van der Waals surface area (Å²) in [7, 11) is 0. The van der Waals surface area contributed by atoms with Crippen molar-refractivity contribution < 1.29 is 4.42 Å². The summed E-state index contributed by atoms with van der Waals surface area (Å²) in [6.45, 7) is 0. The van der Waals surface area contributed by atoms with Crippen LogP contribution in [0, 0.1) is 0 Å². The Morgan fingerprint density at radius 1 is 0.377 bits per heavy atom. The van der Waals surface area contributed by atoms with Crippen molar-refractivity contribution in [2.75, 3.05) is 4.90 Å². The van der Waals surface area contributed by atoms with E-state index in [1.165, 1.54) is 38.2 Å². The van der Waals surface area contributed by atoms with E-state index in [1.54, 1.807) is 0 Å². The second kappa shape index (κ2) is 14.3. The van der Waals surface area contributed by atoms with Gasteiger partial charge in [-0.2, -0.15) is 0 Å². The van der Waals surface area contributed by atoms with Gasteiger partial charge in [-0.1, -0.05) is 146 Å². The number of hydrogen-bond acceptors (Lipinski definition) is 3. The molecule has 4 heteroatoms. The SMILES string of the molecule is c1ccc(-c2nc3c(-c4ccc(N(c5ccc(-c6ccc7ccccc7c6)cc5)c5ccc6c7ccccc7n(-c7ccccc7)c6c5)cc4)cc4ccccc4c3o2)cc1. The predicted octanol–water partition coefficient (Wildman–Crippen LogP) is 15.7. The molecule has 0 aliphatic heterocycles. The molecule has 0 saturated carbocycles. The number of oxazole rings is 1. The van der Waals surface area contributed by atoms with E-state index in [1.807, 2.05) is 30.3 Å². The third-order valence-corrected chi connectivity index (χ3v) is 12.0. The molecule has 4 nitrogen and oxygen atoms in total. The molecular weight excluding hydrogens is 743 g/mol. The molecule has 0 bridgehead atoms. The molecule has 12 rings (SSSR count). The van der Waals surface area contributed by atoms with Gasteiger partial charge in [0.2, 0.25) is 5.89 Å². The first-order valence-corrected chi connectivity index (χ1v) is 20.7. The number of benzene rings is 10. The van der Waals surface area contributed by atoms with E-state index in [2.05, 4.69) is 204 Å². The Morgan fingerprint density at radius 3 is 1.74 bits per heavy atom. The molecule has 0 radical (unpaired) electrons. The highest BCUT2D eigenvalue weighted by atomic mass is 16.3. The monoisotopic (exact) mass is 779 g/mol. The minimum Gasteiger partial charge on any atom is -0.435 e. The summed E-state index contributed by atoms with van der Waals surface area (Å²) < 4.78 is 8.93. The summed E-state index contributed by atoms with van der Waals surface area (Å²) >= 11 is 0. The van der Waals surface area contributed by atoms with Gasteiger partial charge in [-0.3, -0.25) is 0 Å². The largest absolute Gasteiger partial charge is 0.435 e. The molecule has 0 aliphatic rings. The Labute approximate surface area is 352 Å². The molecule has 0 fully saturated rings. The summed E-state index contributed by atoms with van der Waals surface area (Å²) in [4.78, 5) is 7.47. The Kier molecular flexibility index (Phi) is 8.13. The summed E-state index contributed by atoms with van der Waals surface area (Å²) in [6.07, 6.45) is 0. The van der Waals surface area contributed by atoms with Crippen LogP contribution in [0.4, 0.5) is 17.1 Å². The van der Waals surface area contributed by atoms with Gasteiger partial charge in [0.1, 0.15) is 5.52 Å². The van der Waals surface area contributed by atoms with Gasteiger partial charge in [0.25, 0.3) is 0 Å². The molecule has 0 saturated heterocycles. The molecular formula is C57H37N3O. The minimum atomic E-state index is 0.617. The first kappa shape index (κ1) is 34.8. The van der Waals surface area contributed by atoms with Crippen LogP contribution in [-0.2, 0) is 0 Å². The number of para-hydroxylation sites is 2. The van der Waals surface area contributed by atoms with Crippen LogP contribution < -0.4 is 4.90 Å². The molecule has 0 aliphatic carbocycles. The standard InChI is InChI=1S/C57H37N3O/c1-3-14-41(15-4-1)57-58-55-52(36-44-17-9-10-20-49(44)56(55)61-57)40-27-31-47(32-28-40)59(46-29-25-39(26-30-46)43-24-23-38-13-7-8-16-42(38)35-43)48-33-34-51-50-21-11-12-22-53(50)60(54(51)37-48)45-18-5-2-6-19-45/h1-37H. The number of fused-ring (bicyclic) bond motifs is 7. The zero-order valence-electron chi connectivity index (χ0n) is 33.1. The van der Waals surface area contributed by atoms with Gasteiger partial charge in [0, 0.05) is 50.0 Å². The van der Waals surface area contributed by atoms with E-state index in [4.69, 9.17) is 9.40 Å². The number of hydrogen-bond donors (Lipinski definition) is 0. The van der Waals surface area contributed by atoms with Crippen LogP contribution >= 0.6 is 0 Å². The molecule has 12 aromatic rings. The van der Waals surface area contributed by atoms with Crippen molar-refractivity contribution in [2.24, 2.45) is 0 Å². The Morgan fingerprint density at radius 2 is 0.967 bits per heavy atom. The fourth-order valence-electron chi connectivity index (χ4n) is 9.03. The number of aromatic nitrogens is 2. The molecule has 2 heterocycles. The molecule has 10 aromatic carbocycles. The van der Waals surface area contributed by atoms with Crippen LogP contribution in [0.5, 0.6) is 0 Å². The van der Waals surface area contributed by atoms with Crippen molar-refractivity contribution in [3.63, 3.8) is 0 Å². The molecule has 0 amide bonds. The van der Waals surface area contributed by atoms with Gasteiger partial charge in [-0.15, -0.1) is 0 Å². The maximum atomic E-state index is 6.55. The van der Waals surface area contributed by atoms with E-state index in [9.17, 15) is 0 Å². The van der Waals surface area contributed by atoms with Crippen LogP contribution in [0.25, 0.3) is 93.8 Å². The van der Waals surface area contributed by atoms with Gasteiger partial charge < -0.3 is 13.9 Å². The highest BCUT2D eigenvalue weighted by molar-refractivity contribution is 6.11. The van der Waals surface area contributed by atoms with Crippen molar-refractivity contribution in [2.45, 2.75) is 0 Å². The van der Waals surface area contributed by atoms with E-state index in [0.717, 1.165) is 66.8 Å². The lowest BCUT2D eigenvalue weighted by Crippen LogP contribution is -2.10. The van der Waals surface area contributed by atoms with Crippen LogP contribution in [0.15, 0.2) is 229 Å². The summed E-state index contributed by atoms with van der Waals surface area (Å²) in [5, 5.41) is 7.08. The summed E-state index contributed by atoms with van der Waals surface area (Å²) in [5.41, 5.74) is 13.7. The van der Waals surface area contributed by atoms with E-state index < -0.39 is 0 Å². The highest BCUT2D eigenvalue weighted by Gasteiger charge is 2.20. The topological polar surface area (TPSA) is 34.2 Å². The fraction of sp³-hybridized carbons (Fsp3) is 0. The molecule has 0 atom stereocenters. The van der Waals surface area contributed by atoms with Crippen molar-refractivity contribution >= 4 is 71.5 Å². The van der Waals surface area contributed by atoms with Gasteiger partial charge in [0.05, 0.1) is 11.0 Å². The van der Waals surface area contributed by atoms with Gasteiger partial charge in [-0.05, 0) is 112 Å². The van der Waals surface area contributed by atoms with Crippen LogP contribution in [0.1, 0.15) is 0 Å². The molecule has 61 heavy (non-hydrogen) atoms. The Bertz CT molecular complexity index is 3570. The van der Waals surface area contributed by atoms with Crippen LogP contribution in [-0.4, -0.2) is 9.55 Å². The van der Waals surface area contributed by atoms with Gasteiger partial charge >= 0.3 is 0 Å². The van der Waals surface area contributed by atoms with Crippen molar-refractivity contribution in [1.82, 2.24) is 9.55 Å². The zero-order chi connectivity index (χ0) is 40.3. The molecule has 2 aromatic heterocycles. The normalized spacial score (nSPS) is 11.6. The highest BCUT2D eigenvalue weighted by Crippen LogP contribution is 2.42. The average molecular weight is 780 g/mol. The summed E-state index contributed by atoms with van der Waals surface area (Å²) in [5.74, 6) is 0.617. The van der Waals surface area contributed by atoms with Crippen molar-refractivity contribution in [3.8, 4) is 39.4 Å².